The van der Waals surface area contributed by atoms with Gasteiger partial charge in [0, 0.05) is 40.5 Å². The standard InChI is InChI=1S/C38H27N5O5S/c44-34-22-33(38(47)43(34)28-16-12-26(13-17-28)37-42-30-10-4-5-11-32(30)48-37)49-29-18-14-27(15-19-29)40-36(46)31(21-24-7-6-20-39-23-24)41-35(45)25-8-2-1-3-9-25/h1-21,23,33H,22H2,(H,40,46)(H,41,45)/b31-21-. The highest BCUT2D eigenvalue weighted by Gasteiger charge is 2.40. The maximum absolute atomic E-state index is 13.4. The summed E-state index contributed by atoms with van der Waals surface area (Å²) in [4.78, 5) is 63.1. The van der Waals surface area contributed by atoms with Crippen molar-refractivity contribution in [2.45, 2.75) is 16.6 Å². The molecule has 1 fully saturated rings. The lowest BCUT2D eigenvalue weighted by Crippen LogP contribution is -2.31. The number of hydrogen-bond donors (Lipinski definition) is 2. The molecule has 2 N–H and O–H groups in total. The molecule has 0 bridgehead atoms. The Bertz CT molecular complexity index is 2170. The summed E-state index contributed by atoms with van der Waals surface area (Å²) in [6, 6.07) is 33.5. The summed E-state index contributed by atoms with van der Waals surface area (Å²) >= 11 is 1.28. The van der Waals surface area contributed by atoms with Gasteiger partial charge in [-0.25, -0.2) is 9.88 Å². The maximum atomic E-state index is 13.4. The molecule has 0 spiro atoms. The summed E-state index contributed by atoms with van der Waals surface area (Å²) in [6.45, 7) is 0. The van der Waals surface area contributed by atoms with Gasteiger partial charge in [0.2, 0.25) is 17.7 Å². The number of hydrogen-bond acceptors (Lipinski definition) is 8. The number of nitrogens with zero attached hydrogens (tertiary/aromatic N) is 3. The van der Waals surface area contributed by atoms with Crippen LogP contribution in [0, 0.1) is 0 Å². The van der Waals surface area contributed by atoms with Crippen molar-refractivity contribution < 1.29 is 23.6 Å². The SMILES string of the molecule is O=C(Nc1ccc(SC2CC(=O)N(c3ccc(-c4nc5ccccc5o4)cc3)C2=O)cc1)/C(=C/c1cccnc1)NC(=O)c1ccccc1. The van der Waals surface area contributed by atoms with E-state index in [1.165, 1.54) is 16.7 Å². The molecule has 0 saturated carbocycles. The first-order valence-electron chi connectivity index (χ1n) is 15.3. The second-order valence-corrected chi connectivity index (χ2v) is 12.3. The van der Waals surface area contributed by atoms with Crippen LogP contribution in [0.25, 0.3) is 28.6 Å². The molecule has 0 radical (unpaired) electrons. The highest BCUT2D eigenvalue weighted by Crippen LogP contribution is 2.35. The van der Waals surface area contributed by atoms with Gasteiger partial charge in [0.05, 0.1) is 10.9 Å². The van der Waals surface area contributed by atoms with Crippen molar-refractivity contribution in [2.75, 3.05) is 10.2 Å². The zero-order valence-corrected chi connectivity index (χ0v) is 26.6. The fraction of sp³-hybridized carbons (Fsp3) is 0.0526. The Morgan fingerprint density at radius 2 is 1.61 bits per heavy atom. The van der Waals surface area contributed by atoms with Crippen molar-refractivity contribution in [1.29, 1.82) is 0 Å². The summed E-state index contributed by atoms with van der Waals surface area (Å²) in [5.41, 5.74) is 4.20. The third kappa shape index (κ3) is 7.02. The molecule has 1 saturated heterocycles. The Morgan fingerprint density at radius 3 is 2.35 bits per heavy atom. The van der Waals surface area contributed by atoms with E-state index in [0.717, 1.165) is 16.0 Å². The lowest BCUT2D eigenvalue weighted by atomic mass is 10.2. The van der Waals surface area contributed by atoms with Crippen LogP contribution in [0.2, 0.25) is 0 Å². The van der Waals surface area contributed by atoms with Crippen molar-refractivity contribution in [3.8, 4) is 11.5 Å². The first kappa shape index (κ1) is 31.3. The van der Waals surface area contributed by atoms with Gasteiger partial charge in [-0.2, -0.15) is 0 Å². The van der Waals surface area contributed by atoms with Gasteiger partial charge in [-0.3, -0.25) is 24.2 Å². The Labute approximate surface area is 284 Å². The van der Waals surface area contributed by atoms with Crippen LogP contribution in [0.5, 0.6) is 0 Å². The zero-order chi connectivity index (χ0) is 33.7. The number of para-hydroxylation sites is 2. The van der Waals surface area contributed by atoms with Crippen LogP contribution < -0.4 is 15.5 Å². The number of aromatic nitrogens is 2. The molecular weight excluding hydrogens is 639 g/mol. The number of thioether (sulfide) groups is 1. The molecule has 0 aliphatic carbocycles. The van der Waals surface area contributed by atoms with Crippen molar-refractivity contribution >= 4 is 63.9 Å². The van der Waals surface area contributed by atoms with Crippen LogP contribution >= 0.6 is 11.8 Å². The Hall–Kier alpha value is -6.33. The van der Waals surface area contributed by atoms with E-state index >= 15 is 0 Å². The summed E-state index contributed by atoms with van der Waals surface area (Å²) < 4.78 is 5.84. The lowest BCUT2D eigenvalue weighted by molar-refractivity contribution is -0.121. The predicted octanol–water partition coefficient (Wildman–Crippen LogP) is 6.72. The van der Waals surface area contributed by atoms with Gasteiger partial charge in [-0.15, -0.1) is 11.8 Å². The van der Waals surface area contributed by atoms with Crippen molar-refractivity contribution in [1.82, 2.24) is 15.3 Å². The first-order chi connectivity index (χ1) is 23.9. The molecule has 3 heterocycles. The minimum atomic E-state index is -0.605. The average molecular weight is 666 g/mol. The number of pyridine rings is 1. The Kier molecular flexibility index (Phi) is 8.81. The topological polar surface area (TPSA) is 134 Å². The van der Waals surface area contributed by atoms with Gasteiger partial charge in [0.25, 0.3) is 11.8 Å². The molecule has 240 valence electrons. The van der Waals surface area contributed by atoms with Crippen molar-refractivity contribution in [3.63, 3.8) is 0 Å². The monoisotopic (exact) mass is 665 g/mol. The number of oxazole rings is 1. The fourth-order valence-electron chi connectivity index (χ4n) is 5.27. The number of benzene rings is 4. The number of anilines is 2. The quantitative estimate of drug-likeness (QED) is 0.128. The van der Waals surface area contributed by atoms with E-state index in [9.17, 15) is 19.2 Å². The second kappa shape index (κ2) is 13.8. The minimum absolute atomic E-state index is 0.0392. The number of amides is 4. The lowest BCUT2D eigenvalue weighted by Gasteiger charge is -2.15. The van der Waals surface area contributed by atoms with Gasteiger partial charge < -0.3 is 15.1 Å². The van der Waals surface area contributed by atoms with E-state index in [1.54, 1.807) is 109 Å². The molecule has 7 rings (SSSR count). The number of rotatable bonds is 9. The van der Waals surface area contributed by atoms with Gasteiger partial charge in [0.15, 0.2) is 5.58 Å². The highest BCUT2D eigenvalue weighted by molar-refractivity contribution is 8.00. The van der Waals surface area contributed by atoms with Gasteiger partial charge >= 0.3 is 0 Å². The van der Waals surface area contributed by atoms with Crippen LogP contribution in [0.4, 0.5) is 11.4 Å². The summed E-state index contributed by atoms with van der Waals surface area (Å²) in [5, 5.41) is 4.91. The molecule has 1 atom stereocenters. The summed E-state index contributed by atoms with van der Waals surface area (Å²) in [5.74, 6) is -1.09. The molecule has 11 heteroatoms. The van der Waals surface area contributed by atoms with Crippen LogP contribution in [-0.4, -0.2) is 38.8 Å². The number of nitrogens with one attached hydrogen (secondary N) is 2. The molecule has 1 aliphatic heterocycles. The van der Waals surface area contributed by atoms with Crippen molar-refractivity contribution in [3.05, 3.63) is 144 Å². The second-order valence-electron chi connectivity index (χ2n) is 11.1. The van der Waals surface area contributed by atoms with Crippen LogP contribution in [0.3, 0.4) is 0 Å². The average Bonchev–Trinajstić information content (AvgIpc) is 3.69. The third-order valence-electron chi connectivity index (χ3n) is 7.69. The van der Waals surface area contributed by atoms with E-state index in [1.807, 2.05) is 24.3 Å². The summed E-state index contributed by atoms with van der Waals surface area (Å²) in [7, 11) is 0. The molecule has 10 nitrogen and oxygen atoms in total. The predicted molar refractivity (Wildman–Crippen MR) is 187 cm³/mol. The van der Waals surface area contributed by atoms with Crippen LogP contribution in [-0.2, 0) is 14.4 Å². The minimum Gasteiger partial charge on any atom is -0.436 e. The van der Waals surface area contributed by atoms with Gasteiger partial charge in [0.1, 0.15) is 11.2 Å². The fourth-order valence-corrected chi connectivity index (χ4v) is 6.32. The van der Waals surface area contributed by atoms with Gasteiger partial charge in [-0.1, -0.05) is 36.4 Å². The Morgan fingerprint density at radius 1 is 0.857 bits per heavy atom. The van der Waals surface area contributed by atoms with E-state index in [2.05, 4.69) is 20.6 Å². The van der Waals surface area contributed by atoms with Crippen molar-refractivity contribution in [2.24, 2.45) is 0 Å². The van der Waals surface area contributed by atoms with E-state index < -0.39 is 17.1 Å². The summed E-state index contributed by atoms with van der Waals surface area (Å²) in [6.07, 6.45) is 4.80. The molecule has 1 aliphatic rings. The molecule has 4 amide bonds. The molecular formula is C38H27N5O5S. The molecule has 1 unspecified atom stereocenters. The van der Waals surface area contributed by atoms with E-state index in [0.29, 0.717) is 34.0 Å². The normalized spacial score (nSPS) is 14.7. The number of carbonyl (C=O) groups excluding carboxylic acids is 4. The first-order valence-corrected chi connectivity index (χ1v) is 16.2. The largest absolute Gasteiger partial charge is 0.436 e. The number of fused-ring (bicyclic) bond motifs is 1. The zero-order valence-electron chi connectivity index (χ0n) is 25.8. The van der Waals surface area contributed by atoms with Gasteiger partial charge in [-0.05, 0) is 90.5 Å². The molecule has 4 aromatic carbocycles. The smallest absolute Gasteiger partial charge is 0.272 e. The maximum Gasteiger partial charge on any atom is 0.272 e. The molecule has 2 aromatic heterocycles. The van der Waals surface area contributed by atoms with E-state index in [-0.39, 0.29) is 23.9 Å². The van der Waals surface area contributed by atoms with Crippen LogP contribution in [0.15, 0.2) is 143 Å². The molecule has 6 aromatic rings. The third-order valence-corrected chi connectivity index (χ3v) is 8.88. The highest BCUT2D eigenvalue weighted by atomic mass is 32.2. The number of carbonyl (C=O) groups is 4. The Balaban J connectivity index is 1.00. The van der Waals surface area contributed by atoms with Crippen LogP contribution in [0.1, 0.15) is 22.3 Å². The molecule has 49 heavy (non-hydrogen) atoms. The van der Waals surface area contributed by atoms with E-state index in [4.69, 9.17) is 4.42 Å². The number of imide groups is 1.